The van der Waals surface area contributed by atoms with Crippen LogP contribution in [0.4, 0.5) is 9.52 Å². The number of carbonyl (C=O) groups is 1. The molecule has 29 heavy (non-hydrogen) atoms. The number of carbonyl (C=O) groups excluding carboxylic acids is 1. The van der Waals surface area contributed by atoms with Gasteiger partial charge in [-0.3, -0.25) is 10.1 Å². The predicted molar refractivity (Wildman–Crippen MR) is 114 cm³/mol. The van der Waals surface area contributed by atoms with Crippen molar-refractivity contribution in [2.75, 3.05) is 12.4 Å². The number of thiazole rings is 1. The predicted octanol–water partition coefficient (Wildman–Crippen LogP) is 4.33. The molecule has 1 heterocycles. The minimum absolute atomic E-state index is 0.143. The van der Waals surface area contributed by atoms with Gasteiger partial charge in [0.1, 0.15) is 5.82 Å². The van der Waals surface area contributed by atoms with Gasteiger partial charge in [0.15, 0.2) is 5.13 Å². The van der Waals surface area contributed by atoms with Crippen molar-refractivity contribution >= 4 is 42.6 Å². The fraction of sp³-hybridized carbons (Fsp3) is 0.300. The molecule has 1 aromatic heterocycles. The average Bonchev–Trinajstić information content (AvgIpc) is 3.03. The highest BCUT2D eigenvalue weighted by molar-refractivity contribution is 7.89. The van der Waals surface area contributed by atoms with E-state index in [1.165, 1.54) is 22.7 Å². The van der Waals surface area contributed by atoms with Gasteiger partial charge < -0.3 is 0 Å². The van der Waals surface area contributed by atoms with E-state index in [9.17, 15) is 17.6 Å². The zero-order valence-electron chi connectivity index (χ0n) is 16.8. The van der Waals surface area contributed by atoms with Gasteiger partial charge >= 0.3 is 0 Å². The van der Waals surface area contributed by atoms with Gasteiger partial charge in [0.25, 0.3) is 5.91 Å². The van der Waals surface area contributed by atoms with Crippen LogP contribution in [0.25, 0.3) is 10.2 Å². The first-order chi connectivity index (χ1) is 13.5. The second-order valence-corrected chi connectivity index (χ2v) is 10.2. The van der Waals surface area contributed by atoms with Crippen LogP contribution in [-0.2, 0) is 10.0 Å². The molecule has 0 bridgehead atoms. The van der Waals surface area contributed by atoms with Gasteiger partial charge in [-0.2, -0.15) is 4.31 Å². The second kappa shape index (κ2) is 7.81. The summed E-state index contributed by atoms with van der Waals surface area (Å²) < 4.78 is 41.7. The maximum absolute atomic E-state index is 14.3. The summed E-state index contributed by atoms with van der Waals surface area (Å²) in [6.07, 6.45) is 0. The van der Waals surface area contributed by atoms with Crippen LogP contribution in [0.15, 0.2) is 35.2 Å². The maximum atomic E-state index is 14.3. The molecule has 2 aromatic carbocycles. The van der Waals surface area contributed by atoms with Crippen molar-refractivity contribution in [2.24, 2.45) is 0 Å². The fourth-order valence-corrected chi connectivity index (χ4v) is 5.30. The van der Waals surface area contributed by atoms with E-state index in [0.29, 0.717) is 5.13 Å². The molecule has 3 rings (SSSR count). The number of aromatic nitrogens is 1. The molecule has 0 radical (unpaired) electrons. The molecule has 154 valence electrons. The minimum Gasteiger partial charge on any atom is -0.298 e. The molecule has 0 saturated carbocycles. The standard InChI is InChI=1S/C20H22FN3O3S2/c1-11(2)24(5)29(26,27)14-6-7-16(21)15(10-14)19(25)23-20-22-18-13(4)8-12(3)9-17(18)28-20/h6-11H,1-5H3,(H,22,23,25). The van der Waals surface area contributed by atoms with Gasteiger partial charge in [-0.15, -0.1) is 0 Å². The number of anilines is 1. The number of benzene rings is 2. The number of fused-ring (bicyclic) bond motifs is 1. The van der Waals surface area contributed by atoms with Gasteiger partial charge in [0.05, 0.1) is 20.7 Å². The number of hydrogen-bond donors (Lipinski definition) is 1. The van der Waals surface area contributed by atoms with Gasteiger partial charge in [-0.25, -0.2) is 17.8 Å². The highest BCUT2D eigenvalue weighted by Crippen LogP contribution is 2.30. The third kappa shape index (κ3) is 4.17. The minimum atomic E-state index is -3.84. The van der Waals surface area contributed by atoms with Crippen LogP contribution in [-0.4, -0.2) is 36.7 Å². The van der Waals surface area contributed by atoms with Gasteiger partial charge in [-0.1, -0.05) is 17.4 Å². The van der Waals surface area contributed by atoms with Crippen molar-refractivity contribution in [1.29, 1.82) is 0 Å². The maximum Gasteiger partial charge on any atom is 0.260 e. The molecule has 9 heteroatoms. The summed E-state index contributed by atoms with van der Waals surface area (Å²) >= 11 is 1.28. The average molecular weight is 436 g/mol. The van der Waals surface area contributed by atoms with Crippen molar-refractivity contribution in [1.82, 2.24) is 9.29 Å². The van der Waals surface area contributed by atoms with Gasteiger partial charge in [0.2, 0.25) is 10.0 Å². The number of hydrogen-bond acceptors (Lipinski definition) is 5. The Hall–Kier alpha value is -2.36. The first-order valence-corrected chi connectivity index (χ1v) is 11.2. The summed E-state index contributed by atoms with van der Waals surface area (Å²) in [5.41, 5.74) is 2.48. The number of sulfonamides is 1. The van der Waals surface area contributed by atoms with E-state index in [2.05, 4.69) is 10.3 Å². The van der Waals surface area contributed by atoms with E-state index in [4.69, 9.17) is 0 Å². The number of halogens is 1. The first kappa shape index (κ1) is 21.4. The molecule has 0 spiro atoms. The first-order valence-electron chi connectivity index (χ1n) is 8.97. The highest BCUT2D eigenvalue weighted by atomic mass is 32.2. The monoisotopic (exact) mass is 435 g/mol. The molecule has 0 saturated heterocycles. The van der Waals surface area contributed by atoms with Crippen molar-refractivity contribution in [3.63, 3.8) is 0 Å². The molecule has 0 aliphatic carbocycles. The molecule has 0 aliphatic rings. The highest BCUT2D eigenvalue weighted by Gasteiger charge is 2.25. The molecule has 1 amide bonds. The molecule has 3 aromatic rings. The lowest BCUT2D eigenvalue weighted by Gasteiger charge is -2.21. The number of rotatable bonds is 5. The summed E-state index contributed by atoms with van der Waals surface area (Å²) in [5, 5.41) is 2.91. The van der Waals surface area contributed by atoms with E-state index in [1.54, 1.807) is 13.8 Å². The quantitative estimate of drug-likeness (QED) is 0.647. The number of nitrogens with one attached hydrogen (secondary N) is 1. The summed E-state index contributed by atoms with van der Waals surface area (Å²) in [6, 6.07) is 6.88. The Morgan fingerprint density at radius 3 is 2.55 bits per heavy atom. The molecule has 0 atom stereocenters. The lowest BCUT2D eigenvalue weighted by molar-refractivity contribution is 0.102. The third-order valence-electron chi connectivity index (χ3n) is 4.64. The Morgan fingerprint density at radius 2 is 1.90 bits per heavy atom. The van der Waals surface area contributed by atoms with Crippen LogP contribution >= 0.6 is 11.3 Å². The van der Waals surface area contributed by atoms with Crippen LogP contribution in [0.5, 0.6) is 0 Å². The second-order valence-electron chi connectivity index (χ2n) is 7.16. The van der Waals surface area contributed by atoms with Crippen molar-refractivity contribution in [3.8, 4) is 0 Å². The van der Waals surface area contributed by atoms with E-state index in [-0.39, 0.29) is 16.5 Å². The summed E-state index contributed by atoms with van der Waals surface area (Å²) in [5.74, 6) is -1.55. The Morgan fingerprint density at radius 1 is 1.21 bits per heavy atom. The largest absolute Gasteiger partial charge is 0.298 e. The fourth-order valence-electron chi connectivity index (χ4n) is 2.87. The summed E-state index contributed by atoms with van der Waals surface area (Å²) in [6.45, 7) is 7.36. The van der Waals surface area contributed by atoms with Crippen molar-refractivity contribution < 1.29 is 17.6 Å². The molecular weight excluding hydrogens is 413 g/mol. The number of aryl methyl sites for hydroxylation is 2. The van der Waals surface area contributed by atoms with Crippen LogP contribution in [0.3, 0.4) is 0 Å². The Kier molecular flexibility index (Phi) is 5.75. The normalized spacial score (nSPS) is 12.1. The van der Waals surface area contributed by atoms with E-state index in [1.807, 2.05) is 26.0 Å². The topological polar surface area (TPSA) is 79.4 Å². The van der Waals surface area contributed by atoms with Crippen LogP contribution in [0.2, 0.25) is 0 Å². The van der Waals surface area contributed by atoms with Crippen LogP contribution in [0.1, 0.15) is 35.3 Å². The molecule has 6 nitrogen and oxygen atoms in total. The molecule has 0 fully saturated rings. The van der Waals surface area contributed by atoms with Gasteiger partial charge in [0, 0.05) is 13.1 Å². The number of amides is 1. The Labute approximate surface area is 173 Å². The summed E-state index contributed by atoms with van der Waals surface area (Å²) in [7, 11) is -2.40. The Balaban J connectivity index is 1.95. The van der Waals surface area contributed by atoms with Gasteiger partial charge in [-0.05, 0) is 63.1 Å². The van der Waals surface area contributed by atoms with Crippen LogP contribution < -0.4 is 5.32 Å². The van der Waals surface area contributed by atoms with Crippen LogP contribution in [0, 0.1) is 19.7 Å². The van der Waals surface area contributed by atoms with E-state index < -0.39 is 21.7 Å². The number of nitrogens with zero attached hydrogens (tertiary/aromatic N) is 2. The zero-order valence-corrected chi connectivity index (χ0v) is 18.4. The summed E-state index contributed by atoms with van der Waals surface area (Å²) in [4.78, 5) is 16.9. The molecule has 0 aliphatic heterocycles. The van der Waals surface area contributed by atoms with E-state index in [0.717, 1.165) is 39.5 Å². The zero-order chi connectivity index (χ0) is 21.5. The smallest absolute Gasteiger partial charge is 0.260 e. The SMILES string of the molecule is Cc1cc(C)c2nc(NC(=O)c3cc(S(=O)(=O)N(C)C(C)C)ccc3F)sc2c1. The third-order valence-corrected chi connectivity index (χ3v) is 7.58. The molecule has 0 unspecified atom stereocenters. The lowest BCUT2D eigenvalue weighted by Crippen LogP contribution is -2.33. The molecule has 1 N–H and O–H groups in total. The Bertz CT molecular complexity index is 1200. The van der Waals surface area contributed by atoms with Crippen molar-refractivity contribution in [3.05, 3.63) is 52.8 Å². The molecular formula is C20H22FN3O3S2. The van der Waals surface area contributed by atoms with Crippen molar-refractivity contribution in [2.45, 2.75) is 38.6 Å². The van der Waals surface area contributed by atoms with E-state index >= 15 is 0 Å². The lowest BCUT2D eigenvalue weighted by atomic mass is 10.1.